The smallest absolute Gasteiger partial charge is 0.257 e. The van der Waals surface area contributed by atoms with Crippen molar-refractivity contribution in [3.8, 4) is 0 Å². The summed E-state index contributed by atoms with van der Waals surface area (Å²) in [4.78, 5) is 23.2. The number of anilines is 1. The lowest BCUT2D eigenvalue weighted by molar-refractivity contribution is -0.128. The zero-order chi connectivity index (χ0) is 20.7. The topological polar surface area (TPSA) is 116 Å². The number of amides is 2. The number of sulfonamides is 1. The summed E-state index contributed by atoms with van der Waals surface area (Å²) < 4.78 is 40.0. The summed E-state index contributed by atoms with van der Waals surface area (Å²) in [6, 6.07) is 10.9. The Kier molecular flexibility index (Phi) is 7.07. The SMILES string of the molecule is Cc1ccc(NCC(=O)NNC(=O)[C@H](C)NS(=O)(=O)c2ccccc2F)cc1. The minimum Gasteiger partial charge on any atom is -0.376 e. The van der Waals surface area contributed by atoms with Crippen LogP contribution >= 0.6 is 0 Å². The van der Waals surface area contributed by atoms with Crippen LogP contribution in [0.2, 0.25) is 0 Å². The molecule has 0 aromatic heterocycles. The van der Waals surface area contributed by atoms with E-state index in [0.29, 0.717) is 0 Å². The van der Waals surface area contributed by atoms with Crippen molar-refractivity contribution < 1.29 is 22.4 Å². The van der Waals surface area contributed by atoms with Gasteiger partial charge in [0.2, 0.25) is 10.0 Å². The maximum atomic E-state index is 13.7. The van der Waals surface area contributed by atoms with Gasteiger partial charge in [-0.15, -0.1) is 0 Å². The van der Waals surface area contributed by atoms with Crippen molar-refractivity contribution in [3.63, 3.8) is 0 Å². The molecule has 10 heteroatoms. The van der Waals surface area contributed by atoms with Crippen molar-refractivity contribution in [3.05, 3.63) is 59.9 Å². The second-order valence-corrected chi connectivity index (χ2v) is 7.71. The molecule has 0 aliphatic carbocycles. The molecule has 0 saturated heterocycles. The van der Waals surface area contributed by atoms with Crippen LogP contribution in [0.15, 0.2) is 53.4 Å². The van der Waals surface area contributed by atoms with Crippen LogP contribution in [0, 0.1) is 12.7 Å². The molecule has 150 valence electrons. The Morgan fingerprint density at radius 2 is 1.68 bits per heavy atom. The molecule has 1 atom stereocenters. The van der Waals surface area contributed by atoms with Crippen LogP contribution in [-0.4, -0.2) is 32.8 Å². The van der Waals surface area contributed by atoms with E-state index in [2.05, 4.69) is 20.9 Å². The maximum Gasteiger partial charge on any atom is 0.257 e. The molecule has 0 fully saturated rings. The van der Waals surface area contributed by atoms with Crippen molar-refractivity contribution >= 4 is 27.5 Å². The number of benzene rings is 2. The standard InChI is InChI=1S/C18H21FN4O4S/c1-12-7-9-14(10-8-12)20-11-17(24)21-22-18(25)13(2)23-28(26,27)16-6-4-3-5-15(16)19/h3-10,13,20,23H,11H2,1-2H3,(H,21,24)(H,22,25)/t13-/m0/s1. The van der Waals surface area contributed by atoms with Gasteiger partial charge in [0, 0.05) is 5.69 Å². The van der Waals surface area contributed by atoms with Gasteiger partial charge in [-0.1, -0.05) is 29.8 Å². The molecular weight excluding hydrogens is 387 g/mol. The molecule has 8 nitrogen and oxygen atoms in total. The number of carbonyl (C=O) groups excluding carboxylic acids is 2. The van der Waals surface area contributed by atoms with Crippen molar-refractivity contribution in [1.29, 1.82) is 0 Å². The van der Waals surface area contributed by atoms with Gasteiger partial charge in [0.25, 0.3) is 11.8 Å². The normalized spacial score (nSPS) is 12.1. The quantitative estimate of drug-likeness (QED) is 0.511. The zero-order valence-electron chi connectivity index (χ0n) is 15.3. The van der Waals surface area contributed by atoms with Crippen molar-refractivity contribution in [2.45, 2.75) is 24.8 Å². The first kappa shape index (κ1) is 21.3. The Balaban J connectivity index is 1.82. The summed E-state index contributed by atoms with van der Waals surface area (Å²) in [5.74, 6) is -2.26. The molecule has 2 rings (SSSR count). The van der Waals surface area contributed by atoms with Gasteiger partial charge < -0.3 is 5.32 Å². The summed E-state index contributed by atoms with van der Waals surface area (Å²) in [6.45, 7) is 3.11. The Labute approximate surface area is 162 Å². The van der Waals surface area contributed by atoms with Crippen LogP contribution in [0.1, 0.15) is 12.5 Å². The van der Waals surface area contributed by atoms with Crippen LogP contribution in [0.25, 0.3) is 0 Å². The van der Waals surface area contributed by atoms with Gasteiger partial charge >= 0.3 is 0 Å². The van der Waals surface area contributed by atoms with E-state index in [4.69, 9.17) is 0 Å². The van der Waals surface area contributed by atoms with Crippen LogP contribution < -0.4 is 20.9 Å². The predicted molar refractivity (Wildman–Crippen MR) is 102 cm³/mol. The van der Waals surface area contributed by atoms with E-state index in [0.717, 1.165) is 23.4 Å². The van der Waals surface area contributed by atoms with Crippen LogP contribution in [0.3, 0.4) is 0 Å². The summed E-state index contributed by atoms with van der Waals surface area (Å²) in [6.07, 6.45) is 0. The summed E-state index contributed by atoms with van der Waals surface area (Å²) in [5.41, 5.74) is 6.10. The van der Waals surface area contributed by atoms with Crippen LogP contribution in [-0.2, 0) is 19.6 Å². The third kappa shape index (κ3) is 6.03. The highest BCUT2D eigenvalue weighted by Crippen LogP contribution is 2.13. The molecule has 4 N–H and O–H groups in total. The Bertz CT molecular complexity index is 948. The van der Waals surface area contributed by atoms with Crippen molar-refractivity contribution in [1.82, 2.24) is 15.6 Å². The Morgan fingerprint density at radius 1 is 1.04 bits per heavy atom. The maximum absolute atomic E-state index is 13.7. The van der Waals surface area contributed by atoms with E-state index in [1.54, 1.807) is 12.1 Å². The minimum absolute atomic E-state index is 0.0985. The highest BCUT2D eigenvalue weighted by Gasteiger charge is 2.24. The lowest BCUT2D eigenvalue weighted by atomic mass is 10.2. The summed E-state index contributed by atoms with van der Waals surface area (Å²) >= 11 is 0. The molecule has 0 aliphatic heterocycles. The number of hydrogen-bond acceptors (Lipinski definition) is 5. The molecule has 0 radical (unpaired) electrons. The Morgan fingerprint density at radius 3 is 2.32 bits per heavy atom. The number of halogens is 1. The van der Waals surface area contributed by atoms with E-state index in [1.165, 1.54) is 19.1 Å². The van der Waals surface area contributed by atoms with Crippen molar-refractivity contribution in [2.75, 3.05) is 11.9 Å². The number of nitrogens with one attached hydrogen (secondary N) is 4. The van der Waals surface area contributed by atoms with Gasteiger partial charge in [0.05, 0.1) is 12.6 Å². The number of carbonyl (C=O) groups is 2. The molecule has 0 saturated carbocycles. The average molecular weight is 408 g/mol. The molecule has 2 amide bonds. The third-order valence-electron chi connectivity index (χ3n) is 3.68. The molecule has 2 aromatic carbocycles. The van der Waals surface area contributed by atoms with Gasteiger partial charge in [0.1, 0.15) is 10.7 Å². The fraction of sp³-hybridized carbons (Fsp3) is 0.222. The largest absolute Gasteiger partial charge is 0.376 e. The first-order chi connectivity index (χ1) is 13.2. The molecule has 0 spiro atoms. The number of rotatable bonds is 7. The number of aryl methyl sites for hydroxylation is 1. The van der Waals surface area contributed by atoms with Crippen LogP contribution in [0.5, 0.6) is 0 Å². The number of hydrazine groups is 1. The fourth-order valence-corrected chi connectivity index (χ4v) is 3.43. The van der Waals surface area contributed by atoms with E-state index in [1.807, 2.05) is 19.1 Å². The molecule has 0 unspecified atom stereocenters. The fourth-order valence-electron chi connectivity index (χ4n) is 2.15. The van der Waals surface area contributed by atoms with E-state index >= 15 is 0 Å². The summed E-state index contributed by atoms with van der Waals surface area (Å²) in [7, 11) is -4.23. The van der Waals surface area contributed by atoms with Gasteiger partial charge in [-0.25, -0.2) is 12.8 Å². The predicted octanol–water partition coefficient (Wildman–Crippen LogP) is 1.06. The summed E-state index contributed by atoms with van der Waals surface area (Å²) in [5, 5.41) is 2.87. The highest BCUT2D eigenvalue weighted by atomic mass is 32.2. The highest BCUT2D eigenvalue weighted by molar-refractivity contribution is 7.89. The second kappa shape index (κ2) is 9.29. The second-order valence-electron chi connectivity index (χ2n) is 6.03. The molecule has 28 heavy (non-hydrogen) atoms. The van der Waals surface area contributed by atoms with E-state index in [-0.39, 0.29) is 6.54 Å². The average Bonchev–Trinajstić information content (AvgIpc) is 2.65. The van der Waals surface area contributed by atoms with Gasteiger partial charge in [-0.3, -0.25) is 20.4 Å². The molecule has 0 aliphatic rings. The van der Waals surface area contributed by atoms with Crippen molar-refractivity contribution in [2.24, 2.45) is 0 Å². The number of hydrogen-bond donors (Lipinski definition) is 4. The first-order valence-electron chi connectivity index (χ1n) is 8.35. The van der Waals surface area contributed by atoms with E-state index in [9.17, 15) is 22.4 Å². The van der Waals surface area contributed by atoms with E-state index < -0.39 is 38.6 Å². The molecular formula is C18H21FN4O4S. The van der Waals surface area contributed by atoms with Gasteiger partial charge in [-0.05, 0) is 38.1 Å². The van der Waals surface area contributed by atoms with Gasteiger partial charge in [0.15, 0.2) is 0 Å². The molecule has 0 heterocycles. The Hall–Kier alpha value is -2.98. The molecule has 0 bridgehead atoms. The minimum atomic E-state index is -4.23. The monoisotopic (exact) mass is 408 g/mol. The van der Waals surface area contributed by atoms with Gasteiger partial charge in [-0.2, -0.15) is 4.72 Å². The molecule has 2 aromatic rings. The zero-order valence-corrected chi connectivity index (χ0v) is 16.1. The van der Waals surface area contributed by atoms with Crippen LogP contribution in [0.4, 0.5) is 10.1 Å². The lowest BCUT2D eigenvalue weighted by Gasteiger charge is -2.15. The third-order valence-corrected chi connectivity index (χ3v) is 5.26. The lowest BCUT2D eigenvalue weighted by Crippen LogP contribution is -2.52. The first-order valence-corrected chi connectivity index (χ1v) is 9.83.